The number of imidazole rings is 1. The number of likely N-dealkylation sites (N-methyl/N-ethyl adjacent to an activating group) is 1. The summed E-state index contributed by atoms with van der Waals surface area (Å²) in [6, 6.07) is 1.98. The molecule has 1 N–H and O–H groups in total. The molecular weight excluding hydrogens is 292 g/mol. The van der Waals surface area contributed by atoms with Gasteiger partial charge < -0.3 is 9.47 Å². The Morgan fingerprint density at radius 3 is 2.83 bits per heavy atom. The molecule has 1 aliphatic rings. The van der Waals surface area contributed by atoms with Crippen LogP contribution in [-0.4, -0.2) is 61.6 Å². The zero-order valence-electron chi connectivity index (χ0n) is 14.0. The van der Waals surface area contributed by atoms with Gasteiger partial charge in [0.2, 0.25) is 0 Å². The van der Waals surface area contributed by atoms with Crippen LogP contribution in [0.4, 0.5) is 0 Å². The van der Waals surface area contributed by atoms with Crippen LogP contribution in [0, 0.1) is 0 Å². The van der Waals surface area contributed by atoms with Crippen LogP contribution in [0.3, 0.4) is 0 Å². The Bertz CT molecular complexity index is 676. The van der Waals surface area contributed by atoms with Gasteiger partial charge in [-0.05, 0) is 19.0 Å². The number of carbonyl (C=O) groups is 1. The first-order valence-corrected chi connectivity index (χ1v) is 8.18. The first kappa shape index (κ1) is 15.7. The summed E-state index contributed by atoms with van der Waals surface area (Å²) in [6.45, 7) is 7.36. The van der Waals surface area contributed by atoms with Gasteiger partial charge >= 0.3 is 0 Å². The minimum Gasteiger partial charge on any atom is -0.337 e. The summed E-state index contributed by atoms with van der Waals surface area (Å²) >= 11 is 0. The van der Waals surface area contributed by atoms with Crippen LogP contribution in [-0.2, 0) is 13.5 Å². The summed E-state index contributed by atoms with van der Waals surface area (Å²) in [7, 11) is 2.00. The highest BCUT2D eigenvalue weighted by Crippen LogP contribution is 2.24. The van der Waals surface area contributed by atoms with Gasteiger partial charge in [-0.25, -0.2) is 4.98 Å². The average molecular weight is 316 g/mol. The smallest absolute Gasteiger partial charge is 0.274 e. The molecule has 0 aromatic carbocycles. The zero-order chi connectivity index (χ0) is 16.4. The fourth-order valence-electron chi connectivity index (χ4n) is 3.14. The van der Waals surface area contributed by atoms with Crippen molar-refractivity contribution in [2.24, 2.45) is 7.05 Å². The predicted molar refractivity (Wildman–Crippen MR) is 87.1 cm³/mol. The number of amides is 1. The molecule has 2 aromatic heterocycles. The largest absolute Gasteiger partial charge is 0.337 e. The van der Waals surface area contributed by atoms with E-state index in [1.165, 1.54) is 0 Å². The van der Waals surface area contributed by atoms with Crippen LogP contribution in [0.15, 0.2) is 18.5 Å². The van der Waals surface area contributed by atoms with E-state index in [0.29, 0.717) is 12.2 Å². The molecule has 23 heavy (non-hydrogen) atoms. The van der Waals surface area contributed by atoms with E-state index < -0.39 is 0 Å². The Kier molecular flexibility index (Phi) is 4.47. The number of piperazine rings is 1. The second-order valence-corrected chi connectivity index (χ2v) is 5.92. The van der Waals surface area contributed by atoms with E-state index >= 15 is 0 Å². The monoisotopic (exact) mass is 316 g/mol. The van der Waals surface area contributed by atoms with Gasteiger partial charge in [-0.15, -0.1) is 0 Å². The second-order valence-electron chi connectivity index (χ2n) is 5.92. The average Bonchev–Trinajstić information content (AvgIpc) is 3.22. The van der Waals surface area contributed by atoms with Crippen molar-refractivity contribution in [1.82, 2.24) is 29.5 Å². The van der Waals surface area contributed by atoms with Crippen LogP contribution >= 0.6 is 0 Å². The molecule has 0 radical (unpaired) electrons. The standard InChI is InChI=1S/C16H24N6O/c1-4-12-10-13(19-18-12)16(23)22-9-8-21(5-2)14(11-22)15-17-6-7-20(15)3/h6-7,10,14H,4-5,8-9,11H2,1-3H3,(H,18,19)/t14-/m0/s1. The van der Waals surface area contributed by atoms with E-state index in [9.17, 15) is 4.79 Å². The van der Waals surface area contributed by atoms with E-state index in [-0.39, 0.29) is 11.9 Å². The maximum Gasteiger partial charge on any atom is 0.274 e. The Morgan fingerprint density at radius 2 is 2.22 bits per heavy atom. The van der Waals surface area contributed by atoms with Crippen LogP contribution in [0.25, 0.3) is 0 Å². The summed E-state index contributed by atoms with van der Waals surface area (Å²) in [4.78, 5) is 21.5. The number of hydrogen-bond donors (Lipinski definition) is 1. The maximum absolute atomic E-state index is 12.7. The highest BCUT2D eigenvalue weighted by atomic mass is 16.2. The van der Waals surface area contributed by atoms with Crippen molar-refractivity contribution < 1.29 is 4.79 Å². The lowest BCUT2D eigenvalue weighted by atomic mass is 10.1. The molecule has 1 amide bonds. The lowest BCUT2D eigenvalue weighted by Gasteiger charge is -2.40. The fourth-order valence-corrected chi connectivity index (χ4v) is 3.14. The zero-order valence-corrected chi connectivity index (χ0v) is 14.0. The van der Waals surface area contributed by atoms with Crippen LogP contribution in [0.1, 0.15) is 41.9 Å². The Labute approximate surface area is 136 Å². The van der Waals surface area contributed by atoms with Crippen LogP contribution in [0.2, 0.25) is 0 Å². The number of aromatic nitrogens is 4. The topological polar surface area (TPSA) is 70.1 Å². The van der Waals surface area contributed by atoms with Gasteiger partial charge in [0.1, 0.15) is 11.5 Å². The third kappa shape index (κ3) is 3.01. The van der Waals surface area contributed by atoms with Crippen molar-refractivity contribution in [3.05, 3.63) is 35.7 Å². The lowest BCUT2D eigenvalue weighted by Crippen LogP contribution is -2.51. The summed E-state index contributed by atoms with van der Waals surface area (Å²) in [5.74, 6) is 0.997. The van der Waals surface area contributed by atoms with Gasteiger partial charge in [-0.3, -0.25) is 14.8 Å². The molecule has 3 rings (SSSR count). The number of nitrogens with one attached hydrogen (secondary N) is 1. The Balaban J connectivity index is 1.79. The van der Waals surface area contributed by atoms with Gasteiger partial charge in [-0.1, -0.05) is 13.8 Å². The number of aromatic amines is 1. The molecule has 7 heteroatoms. The molecule has 0 unspecified atom stereocenters. The molecule has 0 aliphatic carbocycles. The molecule has 124 valence electrons. The number of hydrogen-bond acceptors (Lipinski definition) is 4. The van der Waals surface area contributed by atoms with Gasteiger partial charge in [0.05, 0.1) is 6.04 Å². The minimum atomic E-state index is -0.00378. The third-order valence-electron chi connectivity index (χ3n) is 4.57. The number of aryl methyl sites for hydroxylation is 2. The molecule has 2 aromatic rings. The second kappa shape index (κ2) is 6.54. The summed E-state index contributed by atoms with van der Waals surface area (Å²) in [5, 5.41) is 7.07. The fraction of sp³-hybridized carbons (Fsp3) is 0.562. The van der Waals surface area contributed by atoms with Crippen LogP contribution in [0.5, 0.6) is 0 Å². The van der Waals surface area contributed by atoms with Gasteiger partial charge in [0, 0.05) is 44.8 Å². The van der Waals surface area contributed by atoms with E-state index in [1.54, 1.807) is 0 Å². The molecule has 1 aliphatic heterocycles. The van der Waals surface area contributed by atoms with E-state index in [2.05, 4.69) is 27.0 Å². The van der Waals surface area contributed by atoms with Crippen molar-refractivity contribution in [3.8, 4) is 0 Å². The SMILES string of the molecule is CCc1cc(C(=O)N2CCN(CC)[C@H](c3nccn3C)C2)n[nH]1. The molecule has 0 spiro atoms. The quantitative estimate of drug-likeness (QED) is 0.921. The number of rotatable bonds is 4. The molecule has 0 saturated carbocycles. The summed E-state index contributed by atoms with van der Waals surface area (Å²) < 4.78 is 2.03. The van der Waals surface area contributed by atoms with Gasteiger partial charge in [0.15, 0.2) is 0 Å². The molecule has 3 heterocycles. The lowest BCUT2D eigenvalue weighted by molar-refractivity contribution is 0.0467. The molecule has 1 atom stereocenters. The molecular formula is C16H24N6O. The summed E-state index contributed by atoms with van der Waals surface area (Å²) in [6.07, 6.45) is 4.61. The first-order chi connectivity index (χ1) is 11.1. The summed E-state index contributed by atoms with van der Waals surface area (Å²) in [5.41, 5.74) is 1.49. The number of nitrogens with zero attached hydrogens (tertiary/aromatic N) is 5. The van der Waals surface area contributed by atoms with Gasteiger partial charge in [-0.2, -0.15) is 5.10 Å². The van der Waals surface area contributed by atoms with Crippen molar-refractivity contribution in [2.75, 3.05) is 26.2 Å². The first-order valence-electron chi connectivity index (χ1n) is 8.18. The number of H-pyrrole nitrogens is 1. The molecule has 0 bridgehead atoms. The van der Waals surface area contributed by atoms with E-state index in [0.717, 1.165) is 37.6 Å². The molecule has 1 saturated heterocycles. The molecule has 7 nitrogen and oxygen atoms in total. The van der Waals surface area contributed by atoms with Crippen molar-refractivity contribution in [1.29, 1.82) is 0 Å². The van der Waals surface area contributed by atoms with Crippen molar-refractivity contribution >= 4 is 5.91 Å². The van der Waals surface area contributed by atoms with Crippen LogP contribution < -0.4 is 0 Å². The van der Waals surface area contributed by atoms with E-state index in [1.807, 2.05) is 41.9 Å². The van der Waals surface area contributed by atoms with E-state index in [4.69, 9.17) is 0 Å². The minimum absolute atomic E-state index is 0.00378. The Hall–Kier alpha value is -2.15. The normalized spacial score (nSPS) is 19.3. The number of carbonyl (C=O) groups excluding carboxylic acids is 1. The van der Waals surface area contributed by atoms with Crippen molar-refractivity contribution in [3.63, 3.8) is 0 Å². The third-order valence-corrected chi connectivity index (χ3v) is 4.57. The van der Waals surface area contributed by atoms with Crippen molar-refractivity contribution in [2.45, 2.75) is 26.3 Å². The maximum atomic E-state index is 12.7. The highest BCUT2D eigenvalue weighted by molar-refractivity contribution is 5.92. The highest BCUT2D eigenvalue weighted by Gasteiger charge is 2.32. The van der Waals surface area contributed by atoms with Gasteiger partial charge in [0.25, 0.3) is 5.91 Å². The predicted octanol–water partition coefficient (Wildman–Crippen LogP) is 1.22. The Morgan fingerprint density at radius 1 is 1.39 bits per heavy atom. The molecule has 1 fully saturated rings.